The lowest BCUT2D eigenvalue weighted by Crippen LogP contribution is -2.38. The molecule has 0 spiro atoms. The lowest BCUT2D eigenvalue weighted by atomic mass is 10.3. The highest BCUT2D eigenvalue weighted by Gasteiger charge is 2.20. The molecule has 1 aliphatic rings. The normalized spacial score (nSPS) is 16.1. The van der Waals surface area contributed by atoms with E-state index in [9.17, 15) is 0 Å². The Labute approximate surface area is 82.5 Å². The largest absolute Gasteiger partial charge is 0.469 e. The molecule has 14 heavy (non-hydrogen) atoms. The molecule has 0 radical (unpaired) electrons. The third-order valence-corrected chi connectivity index (χ3v) is 1.95. The van der Waals surface area contributed by atoms with Gasteiger partial charge in [-0.1, -0.05) is 0 Å². The maximum atomic E-state index is 5.56. The number of nitrogens with zero attached hydrogens (tertiary/aromatic N) is 2. The summed E-state index contributed by atoms with van der Waals surface area (Å²) in [5, 5.41) is 2.88. The summed E-state index contributed by atoms with van der Waals surface area (Å²) in [4.78, 5) is 8.34. The van der Waals surface area contributed by atoms with Crippen LogP contribution in [0.1, 0.15) is 5.69 Å². The first kappa shape index (κ1) is 9.21. The first-order valence-electron chi connectivity index (χ1n) is 4.56. The van der Waals surface area contributed by atoms with Crippen molar-refractivity contribution in [2.24, 2.45) is 0 Å². The summed E-state index contributed by atoms with van der Waals surface area (Å²) in [5.74, 6) is 1.19. The van der Waals surface area contributed by atoms with Crippen molar-refractivity contribution in [2.45, 2.75) is 13.0 Å². The average molecular weight is 195 g/mol. The van der Waals surface area contributed by atoms with Crippen molar-refractivity contribution in [3.05, 3.63) is 11.8 Å². The van der Waals surface area contributed by atoms with Gasteiger partial charge in [-0.2, -0.15) is 4.98 Å². The predicted octanol–water partition coefficient (Wildman–Crippen LogP) is 0.604. The Morgan fingerprint density at radius 3 is 2.86 bits per heavy atom. The number of hydrogen-bond acceptors (Lipinski definition) is 5. The molecule has 0 bridgehead atoms. The summed E-state index contributed by atoms with van der Waals surface area (Å²) < 4.78 is 10.6. The highest BCUT2D eigenvalue weighted by molar-refractivity contribution is 5.29. The third kappa shape index (κ3) is 1.93. The van der Waals surface area contributed by atoms with Crippen LogP contribution in [0.15, 0.2) is 6.07 Å². The average Bonchev–Trinajstić information content (AvgIpc) is 2.10. The number of anilines is 1. The van der Waals surface area contributed by atoms with Gasteiger partial charge in [0.15, 0.2) is 0 Å². The molecule has 1 N–H and O–H groups in total. The molecular formula is C9H13N3O2. The maximum absolute atomic E-state index is 5.56. The van der Waals surface area contributed by atoms with Gasteiger partial charge in [0.2, 0.25) is 11.8 Å². The van der Waals surface area contributed by atoms with Crippen LogP contribution >= 0.6 is 0 Å². The summed E-state index contributed by atoms with van der Waals surface area (Å²) in [6, 6.07) is 1.82. The number of aromatic nitrogens is 2. The van der Waals surface area contributed by atoms with Crippen LogP contribution in [0.25, 0.3) is 0 Å². The Bertz CT molecular complexity index is 326. The lowest BCUT2D eigenvalue weighted by molar-refractivity contribution is -0.0813. The molecule has 76 valence electrons. The van der Waals surface area contributed by atoms with E-state index < -0.39 is 0 Å². The summed E-state index contributed by atoms with van der Waals surface area (Å²) in [7, 11) is 1.78. The number of nitrogens with one attached hydrogen (secondary N) is 1. The molecule has 0 atom stereocenters. The Balaban J connectivity index is 2.11. The van der Waals surface area contributed by atoms with Gasteiger partial charge in [-0.15, -0.1) is 0 Å². The number of hydrogen-bond donors (Lipinski definition) is 1. The summed E-state index contributed by atoms with van der Waals surface area (Å²) in [6.07, 6.45) is 0.147. The molecule has 0 unspecified atom stereocenters. The van der Waals surface area contributed by atoms with Gasteiger partial charge in [0.1, 0.15) is 6.10 Å². The van der Waals surface area contributed by atoms with E-state index >= 15 is 0 Å². The Morgan fingerprint density at radius 2 is 2.29 bits per heavy atom. The van der Waals surface area contributed by atoms with Crippen LogP contribution in [0.4, 0.5) is 5.95 Å². The molecule has 5 heteroatoms. The predicted molar refractivity (Wildman–Crippen MR) is 51.6 cm³/mol. The molecule has 0 saturated carbocycles. The van der Waals surface area contributed by atoms with Gasteiger partial charge in [0.25, 0.3) is 0 Å². The minimum atomic E-state index is 0.147. The minimum absolute atomic E-state index is 0.147. The lowest BCUT2D eigenvalue weighted by Gasteiger charge is -2.26. The van der Waals surface area contributed by atoms with E-state index in [4.69, 9.17) is 9.47 Å². The molecule has 0 aliphatic carbocycles. The zero-order chi connectivity index (χ0) is 9.97. The second-order valence-electron chi connectivity index (χ2n) is 3.20. The second-order valence-corrected chi connectivity index (χ2v) is 3.20. The van der Waals surface area contributed by atoms with Crippen LogP contribution in [0, 0.1) is 6.92 Å². The van der Waals surface area contributed by atoms with Crippen LogP contribution in [-0.4, -0.2) is 36.3 Å². The zero-order valence-electron chi connectivity index (χ0n) is 8.28. The molecule has 1 saturated heterocycles. The van der Waals surface area contributed by atoms with Crippen molar-refractivity contribution in [1.82, 2.24) is 9.97 Å². The van der Waals surface area contributed by atoms with Crippen LogP contribution in [-0.2, 0) is 4.74 Å². The fraction of sp³-hybridized carbons (Fsp3) is 0.556. The number of aryl methyl sites for hydroxylation is 1. The first-order valence-corrected chi connectivity index (χ1v) is 4.56. The summed E-state index contributed by atoms with van der Waals surface area (Å²) in [5.41, 5.74) is 0.889. The Kier molecular flexibility index (Phi) is 2.49. The van der Waals surface area contributed by atoms with E-state index in [2.05, 4.69) is 15.3 Å². The van der Waals surface area contributed by atoms with Gasteiger partial charge < -0.3 is 14.8 Å². The monoisotopic (exact) mass is 195 g/mol. The highest BCUT2D eigenvalue weighted by Crippen LogP contribution is 2.15. The van der Waals surface area contributed by atoms with Gasteiger partial charge >= 0.3 is 0 Å². The summed E-state index contributed by atoms with van der Waals surface area (Å²) in [6.45, 7) is 3.21. The fourth-order valence-corrected chi connectivity index (χ4v) is 1.16. The van der Waals surface area contributed by atoms with Crippen molar-refractivity contribution in [1.29, 1.82) is 0 Å². The van der Waals surface area contributed by atoms with Gasteiger partial charge in [0.05, 0.1) is 13.2 Å². The van der Waals surface area contributed by atoms with Crippen molar-refractivity contribution in [3.63, 3.8) is 0 Å². The van der Waals surface area contributed by atoms with E-state index in [-0.39, 0.29) is 6.10 Å². The zero-order valence-corrected chi connectivity index (χ0v) is 8.28. The first-order chi connectivity index (χ1) is 6.78. The molecular weight excluding hydrogens is 182 g/mol. The third-order valence-electron chi connectivity index (χ3n) is 1.95. The van der Waals surface area contributed by atoms with Gasteiger partial charge in [-0.3, -0.25) is 0 Å². The van der Waals surface area contributed by atoms with Crippen LogP contribution in [0.2, 0.25) is 0 Å². The molecule has 1 aromatic heterocycles. The van der Waals surface area contributed by atoms with Gasteiger partial charge in [0, 0.05) is 18.8 Å². The topological polar surface area (TPSA) is 56.3 Å². The minimum Gasteiger partial charge on any atom is -0.469 e. The molecule has 5 nitrogen and oxygen atoms in total. The molecule has 1 fully saturated rings. The maximum Gasteiger partial charge on any atom is 0.225 e. The smallest absolute Gasteiger partial charge is 0.225 e. The van der Waals surface area contributed by atoms with E-state index in [0.29, 0.717) is 25.0 Å². The van der Waals surface area contributed by atoms with Crippen molar-refractivity contribution in [3.8, 4) is 5.88 Å². The molecule has 1 aliphatic heterocycles. The molecule has 0 amide bonds. The van der Waals surface area contributed by atoms with Crippen molar-refractivity contribution in [2.75, 3.05) is 25.6 Å². The molecule has 2 rings (SSSR count). The van der Waals surface area contributed by atoms with Crippen LogP contribution in [0.3, 0.4) is 0 Å². The Morgan fingerprint density at radius 1 is 1.50 bits per heavy atom. The highest BCUT2D eigenvalue weighted by atomic mass is 16.6. The van der Waals surface area contributed by atoms with E-state index in [1.165, 1.54) is 0 Å². The van der Waals surface area contributed by atoms with E-state index in [1.807, 2.05) is 13.0 Å². The van der Waals surface area contributed by atoms with Crippen molar-refractivity contribution >= 4 is 5.95 Å². The fourth-order valence-electron chi connectivity index (χ4n) is 1.16. The SMILES string of the molecule is CNc1nc(C)cc(OC2COC2)n1. The standard InChI is InChI=1S/C9H13N3O2/c1-6-3-8(12-9(10-2)11-6)14-7-4-13-5-7/h3,7H,4-5H2,1-2H3,(H,10,11,12). The van der Waals surface area contributed by atoms with E-state index in [0.717, 1.165) is 5.69 Å². The second kappa shape index (κ2) is 3.79. The van der Waals surface area contributed by atoms with Crippen molar-refractivity contribution < 1.29 is 9.47 Å². The van der Waals surface area contributed by atoms with Gasteiger partial charge in [-0.25, -0.2) is 4.98 Å². The van der Waals surface area contributed by atoms with Crippen LogP contribution < -0.4 is 10.1 Å². The molecule has 2 heterocycles. The number of ether oxygens (including phenoxy) is 2. The number of rotatable bonds is 3. The van der Waals surface area contributed by atoms with Crippen LogP contribution in [0.5, 0.6) is 5.88 Å². The van der Waals surface area contributed by atoms with E-state index in [1.54, 1.807) is 7.05 Å². The molecule has 0 aromatic carbocycles. The van der Waals surface area contributed by atoms with Gasteiger partial charge in [-0.05, 0) is 6.92 Å². The summed E-state index contributed by atoms with van der Waals surface area (Å²) >= 11 is 0. The Hall–Kier alpha value is -1.36. The quantitative estimate of drug-likeness (QED) is 0.765. The molecule has 1 aromatic rings.